The van der Waals surface area contributed by atoms with Gasteiger partial charge in [-0.05, 0) is 111 Å². The molecule has 0 saturated carbocycles. The number of carbonyl (C=O) groups excluding carboxylic acids is 3. The van der Waals surface area contributed by atoms with Gasteiger partial charge < -0.3 is 9.84 Å². The third-order valence-corrected chi connectivity index (χ3v) is 7.44. The van der Waals surface area contributed by atoms with Gasteiger partial charge in [0.05, 0.1) is 18.4 Å². The van der Waals surface area contributed by atoms with Gasteiger partial charge in [-0.15, -0.1) is 0 Å². The predicted octanol–water partition coefficient (Wildman–Crippen LogP) is 5.80. The van der Waals surface area contributed by atoms with Gasteiger partial charge >= 0.3 is 12.0 Å². The highest BCUT2D eigenvalue weighted by atomic mass is 127. The Kier molecular flexibility index (Phi) is 8.19. The van der Waals surface area contributed by atoms with Gasteiger partial charge in [0.1, 0.15) is 17.9 Å². The quantitative estimate of drug-likeness (QED) is 0.188. The van der Waals surface area contributed by atoms with E-state index in [1.165, 1.54) is 24.3 Å². The van der Waals surface area contributed by atoms with Gasteiger partial charge in [-0.2, -0.15) is 0 Å². The van der Waals surface area contributed by atoms with Crippen molar-refractivity contribution in [2.24, 2.45) is 0 Å². The minimum atomic E-state index is -0.999. The van der Waals surface area contributed by atoms with Crippen LogP contribution in [0.2, 0.25) is 5.02 Å². The van der Waals surface area contributed by atoms with E-state index in [0.29, 0.717) is 16.3 Å². The first kappa shape index (κ1) is 27.1. The van der Waals surface area contributed by atoms with E-state index in [-0.39, 0.29) is 23.4 Å². The molecule has 3 aromatic carbocycles. The summed E-state index contributed by atoms with van der Waals surface area (Å²) in [4.78, 5) is 50.1. The Hall–Kier alpha value is -2.97. The number of urea groups is 1. The van der Waals surface area contributed by atoms with Crippen molar-refractivity contribution in [3.63, 3.8) is 0 Å². The van der Waals surface area contributed by atoms with Crippen LogP contribution in [0.3, 0.4) is 0 Å². The van der Waals surface area contributed by atoms with Gasteiger partial charge in [0.2, 0.25) is 0 Å². The molecule has 188 valence electrons. The van der Waals surface area contributed by atoms with Crippen molar-refractivity contribution in [2.75, 3.05) is 4.90 Å². The summed E-state index contributed by atoms with van der Waals surface area (Å²) < 4.78 is 7.43. The van der Waals surface area contributed by atoms with Crippen LogP contribution >= 0.6 is 56.8 Å². The van der Waals surface area contributed by atoms with Crippen molar-refractivity contribution < 1.29 is 29.0 Å². The normalized spacial score (nSPS) is 14.6. The van der Waals surface area contributed by atoms with E-state index in [4.69, 9.17) is 21.4 Å². The number of carboxylic acids is 1. The molecular weight excluding hydrogens is 726 g/mol. The number of benzene rings is 3. The summed E-state index contributed by atoms with van der Waals surface area (Å²) >= 11 is 10.4. The van der Waals surface area contributed by atoms with Gasteiger partial charge in [-0.3, -0.25) is 14.9 Å². The number of hydrogen-bond acceptors (Lipinski definition) is 5. The third-order valence-electron chi connectivity index (χ3n) is 5.43. The van der Waals surface area contributed by atoms with E-state index in [0.717, 1.165) is 23.2 Å². The number of hydrogen-bond donors (Lipinski definition) is 2. The fraction of sp³-hybridized carbons (Fsp3) is 0.0769. The smallest absolute Gasteiger partial charge is 0.335 e. The summed E-state index contributed by atoms with van der Waals surface area (Å²) in [7, 11) is 0. The van der Waals surface area contributed by atoms with Crippen molar-refractivity contribution >= 4 is 92.4 Å². The Labute approximate surface area is 243 Å². The maximum absolute atomic E-state index is 13.2. The zero-order valence-corrected chi connectivity index (χ0v) is 24.1. The first-order valence-electron chi connectivity index (χ1n) is 10.7. The van der Waals surface area contributed by atoms with Crippen LogP contribution in [0.1, 0.15) is 27.0 Å². The molecule has 4 amide bonds. The largest absolute Gasteiger partial charge is 0.487 e. The summed E-state index contributed by atoms with van der Waals surface area (Å²) in [5, 5.41) is 11.6. The van der Waals surface area contributed by atoms with E-state index >= 15 is 0 Å². The lowest BCUT2D eigenvalue weighted by Crippen LogP contribution is -2.54. The molecule has 0 aromatic heterocycles. The monoisotopic (exact) mass is 742 g/mol. The first-order chi connectivity index (χ1) is 17.5. The second kappa shape index (κ2) is 11.2. The number of nitrogens with zero attached hydrogens (tertiary/aromatic N) is 1. The predicted molar refractivity (Wildman–Crippen MR) is 155 cm³/mol. The fourth-order valence-electron chi connectivity index (χ4n) is 3.48. The summed E-state index contributed by atoms with van der Waals surface area (Å²) in [5.74, 6) is -1.94. The SMILES string of the molecule is Cc1ccc(N2C(=O)NC(=O)/C(=C/c3cc(I)c(OCc4ccc(C(=O)O)cc4)c(I)c3)C2=O)cc1Cl. The van der Waals surface area contributed by atoms with Gasteiger partial charge in [-0.1, -0.05) is 29.8 Å². The molecule has 8 nitrogen and oxygen atoms in total. The topological polar surface area (TPSA) is 113 Å². The van der Waals surface area contributed by atoms with Crippen molar-refractivity contribution in [3.05, 3.63) is 94.6 Å². The van der Waals surface area contributed by atoms with Crippen LogP contribution < -0.4 is 15.0 Å². The summed E-state index contributed by atoms with van der Waals surface area (Å²) in [6.07, 6.45) is 1.42. The number of nitrogens with one attached hydrogen (secondary N) is 1. The molecule has 11 heteroatoms. The lowest BCUT2D eigenvalue weighted by Gasteiger charge is -2.26. The molecule has 1 aliphatic rings. The average molecular weight is 743 g/mol. The number of aryl methyl sites for hydroxylation is 1. The number of halogens is 3. The molecule has 2 N–H and O–H groups in total. The molecule has 37 heavy (non-hydrogen) atoms. The number of imide groups is 2. The molecule has 0 atom stereocenters. The summed E-state index contributed by atoms with van der Waals surface area (Å²) in [6.45, 7) is 2.02. The van der Waals surface area contributed by atoms with Crippen LogP contribution in [0.25, 0.3) is 6.08 Å². The number of ether oxygens (including phenoxy) is 1. The number of barbiturate groups is 1. The van der Waals surface area contributed by atoms with E-state index in [9.17, 15) is 19.2 Å². The van der Waals surface area contributed by atoms with Crippen LogP contribution in [0.4, 0.5) is 10.5 Å². The summed E-state index contributed by atoms with van der Waals surface area (Å²) in [6, 6.07) is 13.8. The number of rotatable bonds is 6. The van der Waals surface area contributed by atoms with Crippen LogP contribution in [-0.2, 0) is 16.2 Å². The number of aromatic carboxylic acids is 1. The van der Waals surface area contributed by atoms with E-state index in [1.807, 2.05) is 0 Å². The third kappa shape index (κ3) is 5.96. The second-order valence-electron chi connectivity index (χ2n) is 8.00. The highest BCUT2D eigenvalue weighted by Crippen LogP contribution is 2.32. The van der Waals surface area contributed by atoms with Crippen molar-refractivity contribution in [1.82, 2.24) is 5.32 Å². The molecule has 0 spiro atoms. The van der Waals surface area contributed by atoms with E-state index in [2.05, 4.69) is 50.5 Å². The van der Waals surface area contributed by atoms with Crippen molar-refractivity contribution in [1.29, 1.82) is 0 Å². The van der Waals surface area contributed by atoms with Gasteiger partial charge in [-0.25, -0.2) is 14.5 Å². The number of amides is 4. The zero-order chi connectivity index (χ0) is 26.9. The minimum absolute atomic E-state index is 0.192. The first-order valence-corrected chi connectivity index (χ1v) is 13.2. The Morgan fingerprint density at radius 1 is 1.05 bits per heavy atom. The highest BCUT2D eigenvalue weighted by Gasteiger charge is 2.37. The molecule has 4 rings (SSSR count). The molecule has 1 saturated heterocycles. The molecule has 0 radical (unpaired) electrons. The Bertz CT molecular complexity index is 1460. The molecule has 3 aromatic rings. The average Bonchev–Trinajstić information content (AvgIpc) is 2.83. The number of carboxylic acid groups (broad SMARTS) is 1. The van der Waals surface area contributed by atoms with Gasteiger partial charge in [0.25, 0.3) is 11.8 Å². The number of carbonyl (C=O) groups is 4. The molecule has 1 fully saturated rings. The Morgan fingerprint density at radius 2 is 1.70 bits per heavy atom. The van der Waals surface area contributed by atoms with Crippen molar-refractivity contribution in [3.8, 4) is 5.75 Å². The molecule has 0 bridgehead atoms. The van der Waals surface area contributed by atoms with E-state index in [1.54, 1.807) is 43.3 Å². The maximum Gasteiger partial charge on any atom is 0.335 e. The molecule has 0 unspecified atom stereocenters. The van der Waals surface area contributed by atoms with Crippen LogP contribution in [0.5, 0.6) is 5.75 Å². The minimum Gasteiger partial charge on any atom is -0.487 e. The van der Waals surface area contributed by atoms with Crippen LogP contribution in [-0.4, -0.2) is 28.9 Å². The Balaban J connectivity index is 1.58. The van der Waals surface area contributed by atoms with Gasteiger partial charge in [0.15, 0.2) is 0 Å². The Morgan fingerprint density at radius 3 is 2.30 bits per heavy atom. The lowest BCUT2D eigenvalue weighted by atomic mass is 10.1. The van der Waals surface area contributed by atoms with Crippen molar-refractivity contribution in [2.45, 2.75) is 13.5 Å². The lowest BCUT2D eigenvalue weighted by molar-refractivity contribution is -0.122. The maximum atomic E-state index is 13.2. The summed E-state index contributed by atoms with van der Waals surface area (Å²) in [5.41, 5.74) is 2.40. The standard InChI is InChI=1S/C26H17ClI2N2O6/c1-13-2-7-17(11-19(13)27)31-24(33)18(23(32)30-26(31)36)8-15-9-20(28)22(21(29)10-15)37-12-14-3-5-16(6-4-14)25(34)35/h2-11H,12H2,1H3,(H,34,35)(H,30,32,36)/b18-8-. The highest BCUT2D eigenvalue weighted by molar-refractivity contribution is 14.1. The van der Waals surface area contributed by atoms with Gasteiger partial charge in [0, 0.05) is 5.02 Å². The van der Waals surface area contributed by atoms with Crippen LogP contribution in [0, 0.1) is 14.1 Å². The zero-order valence-electron chi connectivity index (χ0n) is 19.1. The molecule has 0 aliphatic carbocycles. The number of anilines is 1. The van der Waals surface area contributed by atoms with E-state index < -0.39 is 23.8 Å². The molecular formula is C26H17ClI2N2O6. The van der Waals surface area contributed by atoms with Crippen LogP contribution in [0.15, 0.2) is 60.2 Å². The fourth-order valence-corrected chi connectivity index (χ4v) is 5.78. The molecule has 1 heterocycles. The molecule has 1 aliphatic heterocycles. The second-order valence-corrected chi connectivity index (χ2v) is 10.7.